The molecule has 0 aromatic heterocycles. The van der Waals surface area contributed by atoms with Gasteiger partial charge in [-0.05, 0) is 0 Å². The Labute approximate surface area is 117 Å². The molecule has 0 spiro atoms. The maximum absolute atomic E-state index is 10.9. The first-order valence-electron chi connectivity index (χ1n) is 4.87. The lowest BCUT2D eigenvalue weighted by Crippen LogP contribution is -2.27. The molecule has 104 valence electrons. The minimum atomic E-state index is -0.642. The van der Waals surface area contributed by atoms with Crippen molar-refractivity contribution in [2.75, 3.05) is 6.61 Å². The van der Waals surface area contributed by atoms with Crippen molar-refractivity contribution in [2.24, 2.45) is 5.84 Å². The zero-order valence-electron chi connectivity index (χ0n) is 9.39. The molecule has 0 aliphatic rings. The quantitative estimate of drug-likeness (QED) is 0.465. The molecule has 0 radical (unpaired) electrons. The summed E-state index contributed by atoms with van der Waals surface area (Å²) in [5.74, 6) is 4.18. The summed E-state index contributed by atoms with van der Waals surface area (Å²) in [6.07, 6.45) is -0.103. The number of halogens is 2. The second-order valence-corrected chi connectivity index (χ2v) is 4.00. The van der Waals surface area contributed by atoms with Gasteiger partial charge in [0.2, 0.25) is 0 Å². The van der Waals surface area contributed by atoms with Crippen LogP contribution in [0.4, 0.5) is 5.69 Å². The minimum Gasteiger partial charge on any atom is -0.490 e. The Hall–Kier alpha value is -1.61. The van der Waals surface area contributed by atoms with Crippen molar-refractivity contribution in [3.63, 3.8) is 0 Å². The highest BCUT2D eigenvalue weighted by atomic mass is 35.5. The second-order valence-electron chi connectivity index (χ2n) is 3.19. The molecule has 0 fully saturated rings. The van der Waals surface area contributed by atoms with Crippen molar-refractivity contribution in [3.8, 4) is 5.75 Å². The van der Waals surface area contributed by atoms with Crippen molar-refractivity contribution in [2.45, 2.75) is 6.42 Å². The largest absolute Gasteiger partial charge is 0.490 e. The molecule has 8 nitrogen and oxygen atoms in total. The summed E-state index contributed by atoms with van der Waals surface area (Å²) in [5, 5.41) is 10.5. The van der Waals surface area contributed by atoms with Crippen LogP contribution in [0.2, 0.25) is 10.0 Å². The van der Waals surface area contributed by atoms with Gasteiger partial charge in [-0.3, -0.25) is 14.9 Å². The van der Waals surface area contributed by atoms with E-state index in [-0.39, 0.29) is 34.5 Å². The second kappa shape index (κ2) is 7.10. The number of benzene rings is 1. The van der Waals surface area contributed by atoms with Crippen molar-refractivity contribution < 1.29 is 19.3 Å². The number of nitro benzene ring substituents is 1. The van der Waals surface area contributed by atoms with Gasteiger partial charge >= 0.3 is 5.97 Å². The third kappa shape index (κ3) is 4.52. The van der Waals surface area contributed by atoms with Crippen LogP contribution in [0.25, 0.3) is 0 Å². The fraction of sp³-hybridized carbons (Fsp3) is 0.222. The first-order chi connectivity index (χ1) is 8.95. The fourth-order valence-corrected chi connectivity index (χ4v) is 1.73. The number of nitrogens with zero attached hydrogens (tertiary/aromatic N) is 1. The Balaban J connectivity index is 2.69. The van der Waals surface area contributed by atoms with Crippen LogP contribution in [0, 0.1) is 10.1 Å². The Bertz CT molecular complexity index is 474. The Kier molecular flexibility index (Phi) is 5.77. The molecule has 0 aliphatic heterocycles. The minimum absolute atomic E-state index is 0.0236. The number of nitrogens with two attached hydrogens (primary N) is 1. The molecule has 0 atom stereocenters. The number of rotatable bonds is 6. The third-order valence-corrected chi connectivity index (χ3v) is 2.48. The van der Waals surface area contributed by atoms with Gasteiger partial charge in [-0.2, -0.15) is 0 Å². The highest BCUT2D eigenvalue weighted by Crippen LogP contribution is 2.36. The van der Waals surface area contributed by atoms with Gasteiger partial charge in [0.05, 0.1) is 28.0 Å². The normalized spacial score (nSPS) is 10.1. The predicted octanol–water partition coefficient (Wildman–Crippen LogP) is 1.59. The summed E-state index contributed by atoms with van der Waals surface area (Å²) >= 11 is 11.6. The Morgan fingerprint density at radius 1 is 1.42 bits per heavy atom. The van der Waals surface area contributed by atoms with E-state index in [2.05, 4.69) is 4.84 Å². The first-order valence-corrected chi connectivity index (χ1v) is 5.62. The zero-order valence-corrected chi connectivity index (χ0v) is 10.9. The summed E-state index contributed by atoms with van der Waals surface area (Å²) in [4.78, 5) is 25.1. The maximum Gasteiger partial charge on any atom is 0.329 e. The molecule has 1 aromatic rings. The molecule has 0 unspecified atom stereocenters. The van der Waals surface area contributed by atoms with E-state index in [1.165, 1.54) is 0 Å². The Morgan fingerprint density at radius 3 is 2.47 bits per heavy atom. The van der Waals surface area contributed by atoms with E-state index in [9.17, 15) is 14.9 Å². The van der Waals surface area contributed by atoms with Gasteiger partial charge in [0.25, 0.3) is 5.69 Å². The Morgan fingerprint density at radius 2 is 2.00 bits per heavy atom. The molecule has 1 aromatic carbocycles. The van der Waals surface area contributed by atoms with Gasteiger partial charge in [-0.15, -0.1) is 0 Å². The molecule has 0 amide bonds. The standard InChI is InChI=1S/C9H9Cl2N3O5/c10-6-3-5(14(16)17)4-7(11)9(6)18-2-1-8(15)19-13-12/h3-4,13H,1-2,12H2. The van der Waals surface area contributed by atoms with Crippen LogP contribution < -0.4 is 16.2 Å². The topological polar surface area (TPSA) is 117 Å². The van der Waals surface area contributed by atoms with Gasteiger partial charge in [0, 0.05) is 12.1 Å². The molecule has 0 heterocycles. The van der Waals surface area contributed by atoms with Crippen LogP contribution in [0.5, 0.6) is 5.75 Å². The smallest absolute Gasteiger partial charge is 0.329 e. The highest BCUT2D eigenvalue weighted by molar-refractivity contribution is 6.37. The van der Waals surface area contributed by atoms with Gasteiger partial charge < -0.3 is 9.57 Å². The highest BCUT2D eigenvalue weighted by Gasteiger charge is 2.16. The number of hydrogen-bond donors (Lipinski definition) is 2. The monoisotopic (exact) mass is 309 g/mol. The van der Waals surface area contributed by atoms with Gasteiger partial charge in [-0.25, -0.2) is 5.84 Å². The van der Waals surface area contributed by atoms with Gasteiger partial charge in [-0.1, -0.05) is 28.8 Å². The number of non-ortho nitro benzene ring substituents is 1. The van der Waals surface area contributed by atoms with Crippen LogP contribution in [0.3, 0.4) is 0 Å². The molecule has 0 bridgehead atoms. The van der Waals surface area contributed by atoms with Crippen molar-refractivity contribution in [3.05, 3.63) is 32.3 Å². The number of hydrogen-bond acceptors (Lipinski definition) is 7. The number of ether oxygens (including phenoxy) is 1. The molecule has 0 aliphatic carbocycles. The van der Waals surface area contributed by atoms with E-state index < -0.39 is 10.9 Å². The maximum atomic E-state index is 10.9. The van der Waals surface area contributed by atoms with E-state index in [0.717, 1.165) is 12.1 Å². The number of carbonyl (C=O) groups is 1. The lowest BCUT2D eigenvalue weighted by molar-refractivity contribution is -0.384. The number of nitrogens with one attached hydrogen (secondary N) is 1. The lowest BCUT2D eigenvalue weighted by Gasteiger charge is -2.09. The number of nitro groups is 1. The van der Waals surface area contributed by atoms with Gasteiger partial charge in [0.15, 0.2) is 5.75 Å². The average Bonchev–Trinajstić information content (AvgIpc) is 2.32. The summed E-state index contributed by atoms with van der Waals surface area (Å²) in [6.45, 7) is -0.0717. The summed E-state index contributed by atoms with van der Waals surface area (Å²) in [6, 6.07) is 2.20. The van der Waals surface area contributed by atoms with Crippen molar-refractivity contribution >= 4 is 34.9 Å². The van der Waals surface area contributed by atoms with Crippen molar-refractivity contribution in [1.82, 2.24) is 5.59 Å². The average molecular weight is 310 g/mol. The molecule has 1 rings (SSSR count). The molecular formula is C9H9Cl2N3O5. The van der Waals surface area contributed by atoms with Crippen LogP contribution in [0.1, 0.15) is 6.42 Å². The summed E-state index contributed by atoms with van der Waals surface area (Å²) in [5.41, 5.74) is 1.47. The third-order valence-electron chi connectivity index (χ3n) is 1.92. The zero-order chi connectivity index (χ0) is 14.4. The molecule has 3 N–H and O–H groups in total. The molecule has 10 heteroatoms. The van der Waals surface area contributed by atoms with E-state index in [0.29, 0.717) is 0 Å². The summed E-state index contributed by atoms with van der Waals surface area (Å²) in [7, 11) is 0. The van der Waals surface area contributed by atoms with Crippen molar-refractivity contribution in [1.29, 1.82) is 0 Å². The molecular weight excluding hydrogens is 301 g/mol. The van der Waals surface area contributed by atoms with Gasteiger partial charge in [0.1, 0.15) is 0 Å². The van der Waals surface area contributed by atoms with E-state index >= 15 is 0 Å². The van der Waals surface area contributed by atoms with Crippen LogP contribution in [0.15, 0.2) is 12.1 Å². The first kappa shape index (κ1) is 15.4. The van der Waals surface area contributed by atoms with E-state index in [1.54, 1.807) is 5.59 Å². The molecule has 0 saturated heterocycles. The van der Waals surface area contributed by atoms with Crippen LogP contribution in [-0.4, -0.2) is 17.5 Å². The van der Waals surface area contributed by atoms with E-state index in [1.807, 2.05) is 0 Å². The molecule has 0 saturated carbocycles. The number of carbonyl (C=O) groups excluding carboxylic acids is 1. The SMILES string of the molecule is NNOC(=O)CCOc1c(Cl)cc([N+](=O)[O-])cc1Cl. The number of hydrazine groups is 1. The molecule has 19 heavy (non-hydrogen) atoms. The van der Waals surface area contributed by atoms with Crippen LogP contribution in [-0.2, 0) is 9.63 Å². The van der Waals surface area contributed by atoms with E-state index in [4.69, 9.17) is 33.8 Å². The predicted molar refractivity (Wildman–Crippen MR) is 66.6 cm³/mol. The fourth-order valence-electron chi connectivity index (χ4n) is 1.14. The lowest BCUT2D eigenvalue weighted by atomic mass is 10.3. The van der Waals surface area contributed by atoms with Crippen LogP contribution >= 0.6 is 23.2 Å². The summed E-state index contributed by atoms with van der Waals surface area (Å²) < 4.78 is 5.16.